The molecule has 1 atom stereocenters. The Kier molecular flexibility index (Phi) is 4.98. The minimum Gasteiger partial charge on any atom is -0.351 e. The van der Waals surface area contributed by atoms with Crippen LogP contribution < -0.4 is 5.32 Å². The first kappa shape index (κ1) is 16.0. The summed E-state index contributed by atoms with van der Waals surface area (Å²) >= 11 is 0. The molecule has 2 heterocycles. The van der Waals surface area contributed by atoms with Crippen LogP contribution in [0, 0.1) is 5.92 Å². The van der Waals surface area contributed by atoms with Crippen LogP contribution in [0.2, 0.25) is 0 Å². The van der Waals surface area contributed by atoms with Gasteiger partial charge in [-0.3, -0.25) is 9.59 Å². The second-order valence-electron chi connectivity index (χ2n) is 6.71. The topological polar surface area (TPSA) is 75.4 Å². The third-order valence-electron chi connectivity index (χ3n) is 4.90. The van der Waals surface area contributed by atoms with E-state index in [4.69, 9.17) is 4.52 Å². The molecule has 1 saturated heterocycles. The molecule has 1 saturated carbocycles. The first-order valence-electron chi connectivity index (χ1n) is 8.70. The maximum atomic E-state index is 12.2. The van der Waals surface area contributed by atoms with Crippen molar-refractivity contribution >= 4 is 11.8 Å². The number of rotatable bonds is 5. The summed E-state index contributed by atoms with van der Waals surface area (Å²) in [6, 6.07) is 1.53. The highest BCUT2D eigenvalue weighted by molar-refractivity contribution is 5.92. The van der Waals surface area contributed by atoms with E-state index >= 15 is 0 Å². The number of aryl methyl sites for hydroxylation is 1. The summed E-state index contributed by atoms with van der Waals surface area (Å²) in [6.07, 6.45) is 7.43. The first-order valence-corrected chi connectivity index (χ1v) is 8.70. The molecule has 0 radical (unpaired) electrons. The van der Waals surface area contributed by atoms with Crippen molar-refractivity contribution in [3.8, 4) is 0 Å². The zero-order valence-electron chi connectivity index (χ0n) is 13.7. The smallest absolute Gasteiger partial charge is 0.290 e. The van der Waals surface area contributed by atoms with Crippen LogP contribution in [0.15, 0.2) is 10.6 Å². The Morgan fingerprint density at radius 2 is 2.17 bits per heavy atom. The van der Waals surface area contributed by atoms with Crippen molar-refractivity contribution in [2.24, 2.45) is 5.92 Å². The summed E-state index contributed by atoms with van der Waals surface area (Å²) in [4.78, 5) is 26.2. The molecule has 0 aromatic carbocycles. The van der Waals surface area contributed by atoms with E-state index in [-0.39, 0.29) is 23.6 Å². The molecule has 1 unspecified atom stereocenters. The monoisotopic (exact) mass is 319 g/mol. The van der Waals surface area contributed by atoms with Crippen LogP contribution in [0.5, 0.6) is 0 Å². The summed E-state index contributed by atoms with van der Waals surface area (Å²) in [5, 5.41) is 6.72. The Morgan fingerprint density at radius 3 is 2.87 bits per heavy atom. The van der Waals surface area contributed by atoms with Crippen molar-refractivity contribution in [1.29, 1.82) is 0 Å². The van der Waals surface area contributed by atoms with Gasteiger partial charge in [0, 0.05) is 25.6 Å². The number of hydrogen-bond acceptors (Lipinski definition) is 4. The summed E-state index contributed by atoms with van der Waals surface area (Å²) in [7, 11) is 0. The highest BCUT2D eigenvalue weighted by atomic mass is 16.5. The maximum absolute atomic E-state index is 12.2. The molecule has 6 heteroatoms. The van der Waals surface area contributed by atoms with Gasteiger partial charge in [0.2, 0.25) is 11.7 Å². The standard InChI is InChI=1S/C17H25N3O3/c1-2-13-8-15(23-19-13)17(22)18-14-9-16(21)20(11-14)10-12-6-4-3-5-7-12/h8,12,14H,2-7,9-11H2,1H3,(H,18,22). The van der Waals surface area contributed by atoms with Gasteiger partial charge in [0.15, 0.2) is 0 Å². The Bertz CT molecular complexity index is 563. The van der Waals surface area contributed by atoms with Crippen LogP contribution in [0.4, 0.5) is 0 Å². The average molecular weight is 319 g/mol. The van der Waals surface area contributed by atoms with Crippen molar-refractivity contribution in [1.82, 2.24) is 15.4 Å². The van der Waals surface area contributed by atoms with Gasteiger partial charge in [0.05, 0.1) is 11.7 Å². The van der Waals surface area contributed by atoms with E-state index in [2.05, 4.69) is 10.5 Å². The lowest BCUT2D eigenvalue weighted by Gasteiger charge is -2.27. The van der Waals surface area contributed by atoms with Crippen molar-refractivity contribution < 1.29 is 14.1 Å². The summed E-state index contributed by atoms with van der Waals surface area (Å²) in [6.45, 7) is 3.40. The molecular weight excluding hydrogens is 294 g/mol. The Balaban J connectivity index is 1.51. The van der Waals surface area contributed by atoms with Crippen LogP contribution in [-0.2, 0) is 11.2 Å². The lowest BCUT2D eigenvalue weighted by molar-refractivity contribution is -0.128. The molecule has 1 aromatic rings. The lowest BCUT2D eigenvalue weighted by Crippen LogP contribution is -2.38. The van der Waals surface area contributed by atoms with E-state index < -0.39 is 0 Å². The van der Waals surface area contributed by atoms with Crippen LogP contribution >= 0.6 is 0 Å². The summed E-state index contributed by atoms with van der Waals surface area (Å²) in [5.74, 6) is 0.714. The second kappa shape index (κ2) is 7.15. The number of aromatic nitrogens is 1. The zero-order valence-corrected chi connectivity index (χ0v) is 13.7. The largest absolute Gasteiger partial charge is 0.351 e. The fourth-order valence-electron chi connectivity index (χ4n) is 3.57. The predicted molar refractivity (Wildman–Crippen MR) is 84.9 cm³/mol. The van der Waals surface area contributed by atoms with E-state index in [1.165, 1.54) is 32.1 Å². The fraction of sp³-hybridized carbons (Fsp3) is 0.706. The van der Waals surface area contributed by atoms with Crippen LogP contribution in [0.1, 0.15) is 61.7 Å². The highest BCUT2D eigenvalue weighted by Gasteiger charge is 2.32. The van der Waals surface area contributed by atoms with E-state index in [1.54, 1.807) is 6.07 Å². The van der Waals surface area contributed by atoms with Crippen molar-refractivity contribution in [2.45, 2.75) is 57.9 Å². The van der Waals surface area contributed by atoms with Gasteiger partial charge in [-0.05, 0) is 25.2 Å². The van der Waals surface area contributed by atoms with Gasteiger partial charge in [-0.2, -0.15) is 0 Å². The first-order chi connectivity index (χ1) is 11.2. The normalized spacial score (nSPS) is 22.6. The van der Waals surface area contributed by atoms with Gasteiger partial charge in [-0.15, -0.1) is 0 Å². The molecule has 0 spiro atoms. The molecule has 23 heavy (non-hydrogen) atoms. The SMILES string of the molecule is CCc1cc(C(=O)NC2CC(=O)N(CC3CCCCC3)C2)on1. The molecule has 1 aliphatic heterocycles. The molecule has 0 bridgehead atoms. The number of nitrogens with one attached hydrogen (secondary N) is 1. The van der Waals surface area contributed by atoms with Gasteiger partial charge in [0.1, 0.15) is 0 Å². The number of amides is 2. The molecule has 3 rings (SSSR count). The van der Waals surface area contributed by atoms with E-state index in [0.29, 0.717) is 18.9 Å². The zero-order chi connectivity index (χ0) is 16.2. The Morgan fingerprint density at radius 1 is 1.39 bits per heavy atom. The van der Waals surface area contributed by atoms with Gasteiger partial charge < -0.3 is 14.7 Å². The van der Waals surface area contributed by atoms with Gasteiger partial charge in [0.25, 0.3) is 5.91 Å². The molecule has 2 fully saturated rings. The predicted octanol–water partition coefficient (Wildman–Crippen LogP) is 2.15. The number of likely N-dealkylation sites (tertiary alicyclic amines) is 1. The maximum Gasteiger partial charge on any atom is 0.290 e. The van der Waals surface area contributed by atoms with E-state index in [1.807, 2.05) is 11.8 Å². The number of carbonyl (C=O) groups excluding carboxylic acids is 2. The molecule has 126 valence electrons. The van der Waals surface area contributed by atoms with Crippen LogP contribution in [-0.4, -0.2) is 41.0 Å². The summed E-state index contributed by atoms with van der Waals surface area (Å²) in [5.41, 5.74) is 0.761. The molecular formula is C17H25N3O3. The third kappa shape index (κ3) is 3.92. The fourth-order valence-corrected chi connectivity index (χ4v) is 3.57. The minimum absolute atomic E-state index is 0.131. The number of carbonyl (C=O) groups is 2. The third-order valence-corrected chi connectivity index (χ3v) is 4.90. The molecule has 1 aliphatic carbocycles. The molecule has 6 nitrogen and oxygen atoms in total. The van der Waals surface area contributed by atoms with Crippen molar-refractivity contribution in [3.05, 3.63) is 17.5 Å². The Hall–Kier alpha value is -1.85. The molecule has 2 amide bonds. The van der Waals surface area contributed by atoms with Crippen molar-refractivity contribution in [3.63, 3.8) is 0 Å². The van der Waals surface area contributed by atoms with Crippen LogP contribution in [0.25, 0.3) is 0 Å². The van der Waals surface area contributed by atoms with Gasteiger partial charge in [-0.1, -0.05) is 31.3 Å². The quantitative estimate of drug-likeness (QED) is 0.902. The molecule has 1 N–H and O–H groups in total. The summed E-state index contributed by atoms with van der Waals surface area (Å²) < 4.78 is 5.04. The number of hydrogen-bond donors (Lipinski definition) is 1. The second-order valence-corrected chi connectivity index (χ2v) is 6.71. The average Bonchev–Trinajstić information content (AvgIpc) is 3.16. The minimum atomic E-state index is -0.283. The van der Waals surface area contributed by atoms with Crippen LogP contribution in [0.3, 0.4) is 0 Å². The highest BCUT2D eigenvalue weighted by Crippen LogP contribution is 2.26. The number of nitrogens with zero attached hydrogens (tertiary/aromatic N) is 2. The molecule has 2 aliphatic rings. The lowest BCUT2D eigenvalue weighted by atomic mass is 9.89. The van der Waals surface area contributed by atoms with E-state index in [0.717, 1.165) is 18.7 Å². The van der Waals surface area contributed by atoms with Gasteiger partial charge in [-0.25, -0.2) is 0 Å². The van der Waals surface area contributed by atoms with Crippen molar-refractivity contribution in [2.75, 3.05) is 13.1 Å². The van der Waals surface area contributed by atoms with E-state index in [9.17, 15) is 9.59 Å². The molecule has 1 aromatic heterocycles. The van der Waals surface area contributed by atoms with Gasteiger partial charge >= 0.3 is 0 Å². The Labute approximate surface area is 136 Å².